The first-order chi connectivity index (χ1) is 13.0. The van der Waals surface area contributed by atoms with Crippen molar-refractivity contribution in [3.05, 3.63) is 36.3 Å². The van der Waals surface area contributed by atoms with Gasteiger partial charge >= 0.3 is 0 Å². The average molecular weight is 385 g/mol. The molecule has 1 fully saturated rings. The van der Waals surface area contributed by atoms with Crippen LogP contribution in [0.25, 0.3) is 17.0 Å². The standard InChI is InChI=1S/C19H24N6OS/c1-13-12-26-9-8-24(13)15-10-17(23-27(3)4)22-18(11-15)25-14(2)21-16-6-5-7-20-19(16)25/h5-7,10-11,13H,8-9,12H2,1-4H3. The van der Waals surface area contributed by atoms with Crippen LogP contribution >= 0.6 is 0 Å². The van der Waals surface area contributed by atoms with Gasteiger partial charge in [-0.2, -0.15) is 0 Å². The maximum Gasteiger partial charge on any atom is 0.165 e. The maximum atomic E-state index is 5.60. The number of imidazole rings is 1. The molecule has 4 heterocycles. The average Bonchev–Trinajstić information content (AvgIpc) is 2.97. The van der Waals surface area contributed by atoms with Crippen molar-refractivity contribution in [1.82, 2.24) is 19.5 Å². The van der Waals surface area contributed by atoms with E-state index in [2.05, 4.69) is 46.4 Å². The Labute approximate surface area is 161 Å². The van der Waals surface area contributed by atoms with Gasteiger partial charge in [0.05, 0.1) is 13.2 Å². The van der Waals surface area contributed by atoms with Crippen LogP contribution in [0, 0.1) is 6.92 Å². The van der Waals surface area contributed by atoms with Gasteiger partial charge in [-0.15, -0.1) is 0 Å². The maximum absolute atomic E-state index is 5.60. The Kier molecular flexibility index (Phi) is 4.92. The first kappa shape index (κ1) is 18.1. The van der Waals surface area contributed by atoms with Gasteiger partial charge in [0.2, 0.25) is 0 Å². The van der Waals surface area contributed by atoms with E-state index >= 15 is 0 Å². The molecule has 27 heavy (non-hydrogen) atoms. The van der Waals surface area contributed by atoms with Crippen molar-refractivity contribution >= 4 is 33.4 Å². The molecule has 1 atom stereocenters. The molecule has 0 N–H and O–H groups in total. The minimum atomic E-state index is -0.0973. The fourth-order valence-corrected chi connectivity index (χ4v) is 3.88. The van der Waals surface area contributed by atoms with Gasteiger partial charge in [-0.1, -0.05) is 10.7 Å². The molecule has 8 heteroatoms. The van der Waals surface area contributed by atoms with Crippen LogP contribution in [-0.4, -0.2) is 57.8 Å². The number of nitrogens with zero attached hydrogens (tertiary/aromatic N) is 6. The lowest BCUT2D eigenvalue weighted by atomic mass is 10.2. The topological polar surface area (TPSA) is 68.4 Å². The molecule has 3 aromatic heterocycles. The Bertz CT molecular complexity index is 1010. The zero-order valence-electron chi connectivity index (χ0n) is 16.1. The fourth-order valence-electron chi connectivity index (χ4n) is 3.41. The van der Waals surface area contributed by atoms with Crippen molar-refractivity contribution in [2.24, 2.45) is 4.36 Å². The van der Waals surface area contributed by atoms with Gasteiger partial charge in [0.1, 0.15) is 17.2 Å². The van der Waals surface area contributed by atoms with Gasteiger partial charge in [0, 0.05) is 36.6 Å². The van der Waals surface area contributed by atoms with Gasteiger partial charge in [-0.05, 0) is 38.5 Å². The van der Waals surface area contributed by atoms with Crippen LogP contribution in [0.5, 0.6) is 0 Å². The number of hydrogen-bond donors (Lipinski definition) is 0. The molecule has 0 spiro atoms. The molecule has 0 amide bonds. The summed E-state index contributed by atoms with van der Waals surface area (Å²) in [4.78, 5) is 16.3. The van der Waals surface area contributed by atoms with E-state index in [0.29, 0.717) is 6.04 Å². The number of aryl methyl sites for hydroxylation is 1. The highest BCUT2D eigenvalue weighted by Gasteiger charge is 2.21. The lowest BCUT2D eigenvalue weighted by Gasteiger charge is -2.35. The van der Waals surface area contributed by atoms with Crippen LogP contribution in [0.1, 0.15) is 12.7 Å². The summed E-state index contributed by atoms with van der Waals surface area (Å²) in [6, 6.07) is 8.36. The third-order valence-corrected chi connectivity index (χ3v) is 5.12. The van der Waals surface area contributed by atoms with E-state index in [4.69, 9.17) is 14.1 Å². The first-order valence-corrected chi connectivity index (χ1v) is 11.0. The monoisotopic (exact) mass is 384 g/mol. The molecule has 0 bridgehead atoms. The van der Waals surface area contributed by atoms with Gasteiger partial charge in [-0.3, -0.25) is 4.57 Å². The first-order valence-electron chi connectivity index (χ1n) is 8.99. The van der Waals surface area contributed by atoms with Gasteiger partial charge in [0.25, 0.3) is 0 Å². The van der Waals surface area contributed by atoms with Gasteiger partial charge < -0.3 is 9.64 Å². The van der Waals surface area contributed by atoms with Crippen LogP contribution < -0.4 is 4.90 Å². The Balaban J connectivity index is 1.90. The molecule has 1 saturated heterocycles. The number of aromatic nitrogens is 4. The van der Waals surface area contributed by atoms with Crippen molar-refractivity contribution in [1.29, 1.82) is 0 Å². The van der Waals surface area contributed by atoms with Gasteiger partial charge in [-0.25, -0.2) is 19.3 Å². The fraction of sp³-hybridized carbons (Fsp3) is 0.421. The third kappa shape index (κ3) is 3.59. The number of ether oxygens (including phenoxy) is 1. The summed E-state index contributed by atoms with van der Waals surface area (Å²) in [6.07, 6.45) is 5.96. The Morgan fingerprint density at radius 1 is 1.26 bits per heavy atom. The van der Waals surface area contributed by atoms with E-state index in [1.54, 1.807) is 6.20 Å². The SMILES string of the molecule is Cc1nc2cccnc2n1-c1cc(N2CCOCC2C)cc(N=S(C)C)n1. The normalized spacial score (nSPS) is 17.7. The molecule has 1 aliphatic heterocycles. The second kappa shape index (κ2) is 7.36. The summed E-state index contributed by atoms with van der Waals surface area (Å²) >= 11 is 0. The molecule has 3 aromatic rings. The molecule has 7 nitrogen and oxygen atoms in total. The summed E-state index contributed by atoms with van der Waals surface area (Å²) in [5.74, 6) is 2.40. The number of hydrogen-bond acceptors (Lipinski definition) is 6. The third-order valence-electron chi connectivity index (χ3n) is 4.57. The summed E-state index contributed by atoms with van der Waals surface area (Å²) in [5.41, 5.74) is 2.79. The number of anilines is 1. The number of morpholine rings is 1. The molecule has 0 saturated carbocycles. The second-order valence-electron chi connectivity index (χ2n) is 6.86. The highest BCUT2D eigenvalue weighted by Crippen LogP contribution is 2.28. The van der Waals surface area contributed by atoms with Crippen LogP contribution in [0.3, 0.4) is 0 Å². The summed E-state index contributed by atoms with van der Waals surface area (Å²) in [7, 11) is -0.0973. The van der Waals surface area contributed by atoms with Crippen molar-refractivity contribution < 1.29 is 4.74 Å². The van der Waals surface area contributed by atoms with E-state index in [1.165, 1.54) is 0 Å². The molecular formula is C19H24N6OS. The second-order valence-corrected chi connectivity index (χ2v) is 8.59. The largest absolute Gasteiger partial charge is 0.377 e. The van der Waals surface area contributed by atoms with Crippen LogP contribution in [0.4, 0.5) is 11.5 Å². The lowest BCUT2D eigenvalue weighted by molar-refractivity contribution is 0.0989. The van der Waals surface area contributed by atoms with Crippen molar-refractivity contribution in [3.63, 3.8) is 0 Å². The van der Waals surface area contributed by atoms with Crippen molar-refractivity contribution in [2.45, 2.75) is 19.9 Å². The molecular weight excluding hydrogens is 360 g/mol. The van der Waals surface area contributed by atoms with E-state index in [9.17, 15) is 0 Å². The molecule has 0 aromatic carbocycles. The zero-order valence-corrected chi connectivity index (χ0v) is 16.9. The summed E-state index contributed by atoms with van der Waals surface area (Å²) < 4.78 is 12.3. The molecule has 142 valence electrons. The van der Waals surface area contributed by atoms with E-state index in [0.717, 1.165) is 54.1 Å². The number of pyridine rings is 2. The minimum Gasteiger partial charge on any atom is -0.377 e. The number of fused-ring (bicyclic) bond motifs is 1. The molecule has 1 aliphatic rings. The van der Waals surface area contributed by atoms with E-state index in [-0.39, 0.29) is 10.7 Å². The molecule has 0 radical (unpaired) electrons. The molecule has 4 rings (SSSR count). The van der Waals surface area contributed by atoms with E-state index < -0.39 is 0 Å². The van der Waals surface area contributed by atoms with Crippen molar-refractivity contribution in [3.8, 4) is 5.82 Å². The van der Waals surface area contributed by atoms with Crippen LogP contribution in [0.2, 0.25) is 0 Å². The predicted octanol–water partition coefficient (Wildman–Crippen LogP) is 3.04. The highest BCUT2D eigenvalue weighted by atomic mass is 32.2. The lowest BCUT2D eigenvalue weighted by Crippen LogP contribution is -2.43. The van der Waals surface area contributed by atoms with Crippen LogP contribution in [-0.2, 0) is 15.4 Å². The Morgan fingerprint density at radius 2 is 2.11 bits per heavy atom. The predicted molar refractivity (Wildman–Crippen MR) is 110 cm³/mol. The summed E-state index contributed by atoms with van der Waals surface area (Å²) in [5, 5.41) is 0. The Hall–Kier alpha value is -2.32. The molecule has 0 aliphatic carbocycles. The minimum absolute atomic E-state index is 0.0973. The molecule has 1 unspecified atom stereocenters. The van der Waals surface area contributed by atoms with E-state index in [1.807, 2.05) is 23.6 Å². The van der Waals surface area contributed by atoms with Crippen LogP contribution in [0.15, 0.2) is 34.8 Å². The summed E-state index contributed by atoms with van der Waals surface area (Å²) in [6.45, 7) is 6.48. The number of rotatable bonds is 3. The highest BCUT2D eigenvalue weighted by molar-refractivity contribution is 7.85. The zero-order chi connectivity index (χ0) is 19.0. The Morgan fingerprint density at radius 3 is 2.89 bits per heavy atom. The van der Waals surface area contributed by atoms with Gasteiger partial charge in [0.15, 0.2) is 11.5 Å². The smallest absolute Gasteiger partial charge is 0.165 e. The quantitative estimate of drug-likeness (QED) is 0.694. The van der Waals surface area contributed by atoms with Crippen molar-refractivity contribution in [2.75, 3.05) is 37.2 Å².